The number of ether oxygens (including phenoxy) is 2. The number of allylic oxidation sites excluding steroid dienone is 3. The monoisotopic (exact) mass is 358 g/mol. The Morgan fingerprint density at radius 2 is 2.12 bits per heavy atom. The molecule has 0 aromatic heterocycles. The number of aliphatic hydroxyl groups excluding tert-OH is 1. The Balaban J connectivity index is 2.27. The van der Waals surface area contributed by atoms with Crippen LogP contribution in [0, 0.1) is 24.7 Å². The fourth-order valence-electron chi connectivity index (χ4n) is 3.91. The number of Topliss-reactive ketones (excluding diaryl/α,β-unsaturated/α-hetero) is 1. The van der Waals surface area contributed by atoms with Gasteiger partial charge in [-0.15, -0.1) is 6.58 Å². The molecule has 142 valence electrons. The standard InChI is InChI=1S/C22H30O4/c1-6-7-18-12-19(22(26-13-23)16(4)21(18)24)15(3)10-17-9-8-14(2)20(11-17)25-5/h6,8-9,11,15,18-19,23H,1,7,10,12-13H2,2-5H3. The molecule has 1 aromatic rings. The van der Waals surface area contributed by atoms with E-state index in [2.05, 4.69) is 31.7 Å². The van der Waals surface area contributed by atoms with Crippen LogP contribution in [0.25, 0.3) is 0 Å². The highest BCUT2D eigenvalue weighted by Crippen LogP contribution is 2.39. The number of aliphatic hydroxyl groups is 1. The smallest absolute Gasteiger partial charge is 0.185 e. The summed E-state index contributed by atoms with van der Waals surface area (Å²) in [5.41, 5.74) is 2.94. The third kappa shape index (κ3) is 4.36. The molecule has 0 radical (unpaired) electrons. The Labute approximate surface area is 156 Å². The maximum atomic E-state index is 12.6. The Morgan fingerprint density at radius 3 is 2.73 bits per heavy atom. The summed E-state index contributed by atoms with van der Waals surface area (Å²) >= 11 is 0. The minimum absolute atomic E-state index is 0.0569. The maximum absolute atomic E-state index is 12.6. The molecule has 0 bridgehead atoms. The molecule has 0 saturated heterocycles. The van der Waals surface area contributed by atoms with E-state index >= 15 is 0 Å². The zero-order chi connectivity index (χ0) is 19.3. The molecule has 0 heterocycles. The lowest BCUT2D eigenvalue weighted by molar-refractivity contribution is -0.121. The van der Waals surface area contributed by atoms with Crippen molar-refractivity contribution in [3.05, 3.63) is 53.3 Å². The molecule has 2 rings (SSSR count). The van der Waals surface area contributed by atoms with Gasteiger partial charge in [0.05, 0.1) is 7.11 Å². The van der Waals surface area contributed by atoms with Crippen molar-refractivity contribution in [1.82, 2.24) is 0 Å². The van der Waals surface area contributed by atoms with Gasteiger partial charge in [-0.3, -0.25) is 4.79 Å². The van der Waals surface area contributed by atoms with E-state index in [-0.39, 0.29) is 23.5 Å². The van der Waals surface area contributed by atoms with Crippen LogP contribution in [0.4, 0.5) is 0 Å². The van der Waals surface area contributed by atoms with Crippen molar-refractivity contribution < 1.29 is 19.4 Å². The first-order chi connectivity index (χ1) is 12.4. The van der Waals surface area contributed by atoms with Gasteiger partial charge >= 0.3 is 0 Å². The lowest BCUT2D eigenvalue weighted by Crippen LogP contribution is -2.32. The van der Waals surface area contributed by atoms with Crippen molar-refractivity contribution >= 4 is 5.78 Å². The van der Waals surface area contributed by atoms with Crippen LogP contribution in [0.3, 0.4) is 0 Å². The summed E-state index contributed by atoms with van der Waals surface area (Å²) in [6.07, 6.45) is 4.05. The largest absolute Gasteiger partial charge is 0.496 e. The van der Waals surface area contributed by atoms with Crippen LogP contribution in [0.5, 0.6) is 5.75 Å². The van der Waals surface area contributed by atoms with E-state index in [0.29, 0.717) is 17.8 Å². The first-order valence-corrected chi connectivity index (χ1v) is 9.15. The second-order valence-corrected chi connectivity index (χ2v) is 7.18. The van der Waals surface area contributed by atoms with Gasteiger partial charge in [0.1, 0.15) is 11.5 Å². The highest BCUT2D eigenvalue weighted by atomic mass is 16.6. The maximum Gasteiger partial charge on any atom is 0.185 e. The number of benzene rings is 1. The highest BCUT2D eigenvalue weighted by Gasteiger charge is 2.37. The molecule has 0 fully saturated rings. The van der Waals surface area contributed by atoms with Gasteiger partial charge in [-0.05, 0) is 56.2 Å². The molecule has 1 aromatic carbocycles. The van der Waals surface area contributed by atoms with E-state index in [1.165, 1.54) is 5.56 Å². The fourth-order valence-corrected chi connectivity index (χ4v) is 3.91. The SMILES string of the molecule is C=CCC1CC(C(C)Cc2ccc(C)c(OC)c2)C(OCO)=C(C)C1=O. The fraction of sp³-hybridized carbons (Fsp3) is 0.500. The van der Waals surface area contributed by atoms with Crippen LogP contribution in [-0.4, -0.2) is 24.8 Å². The molecule has 0 aliphatic heterocycles. The number of hydrogen-bond acceptors (Lipinski definition) is 4. The molecule has 0 spiro atoms. The van der Waals surface area contributed by atoms with E-state index in [4.69, 9.17) is 9.47 Å². The van der Waals surface area contributed by atoms with Crippen LogP contribution in [0.2, 0.25) is 0 Å². The first kappa shape index (κ1) is 20.2. The molecule has 26 heavy (non-hydrogen) atoms. The molecule has 1 aliphatic carbocycles. The van der Waals surface area contributed by atoms with Crippen molar-refractivity contribution in [3.8, 4) is 5.75 Å². The number of methoxy groups -OCH3 is 1. The van der Waals surface area contributed by atoms with Gasteiger partial charge < -0.3 is 14.6 Å². The summed E-state index contributed by atoms with van der Waals surface area (Å²) in [6.45, 7) is 9.37. The highest BCUT2D eigenvalue weighted by molar-refractivity contribution is 5.98. The molecule has 4 nitrogen and oxygen atoms in total. The van der Waals surface area contributed by atoms with Gasteiger partial charge in [0.2, 0.25) is 0 Å². The van der Waals surface area contributed by atoms with Crippen LogP contribution in [0.15, 0.2) is 42.2 Å². The van der Waals surface area contributed by atoms with Crippen molar-refractivity contribution in [3.63, 3.8) is 0 Å². The summed E-state index contributed by atoms with van der Waals surface area (Å²) in [4.78, 5) is 12.6. The van der Waals surface area contributed by atoms with Crippen LogP contribution in [0.1, 0.15) is 37.8 Å². The second kappa shape index (κ2) is 9.04. The summed E-state index contributed by atoms with van der Waals surface area (Å²) < 4.78 is 10.9. The molecule has 3 unspecified atom stereocenters. The summed E-state index contributed by atoms with van der Waals surface area (Å²) in [5, 5.41) is 9.28. The zero-order valence-electron chi connectivity index (χ0n) is 16.2. The summed E-state index contributed by atoms with van der Waals surface area (Å²) in [5.74, 6) is 1.93. The van der Waals surface area contributed by atoms with E-state index in [1.807, 2.05) is 6.92 Å². The van der Waals surface area contributed by atoms with Crippen LogP contribution < -0.4 is 4.74 Å². The number of carbonyl (C=O) groups is 1. The van der Waals surface area contributed by atoms with Crippen LogP contribution >= 0.6 is 0 Å². The van der Waals surface area contributed by atoms with Gasteiger partial charge in [0, 0.05) is 17.4 Å². The van der Waals surface area contributed by atoms with Gasteiger partial charge in [0.25, 0.3) is 0 Å². The molecule has 0 saturated carbocycles. The average Bonchev–Trinajstić information content (AvgIpc) is 2.63. The van der Waals surface area contributed by atoms with Crippen molar-refractivity contribution in [2.45, 2.75) is 40.0 Å². The predicted octanol–water partition coefficient (Wildman–Crippen LogP) is 4.20. The quantitative estimate of drug-likeness (QED) is 0.559. The normalized spacial score (nSPS) is 21.5. The minimum Gasteiger partial charge on any atom is -0.496 e. The average molecular weight is 358 g/mol. The lowest BCUT2D eigenvalue weighted by Gasteiger charge is -2.34. The van der Waals surface area contributed by atoms with Crippen molar-refractivity contribution in [2.24, 2.45) is 17.8 Å². The number of rotatable bonds is 8. The van der Waals surface area contributed by atoms with E-state index < -0.39 is 6.79 Å². The Morgan fingerprint density at radius 1 is 1.38 bits per heavy atom. The van der Waals surface area contributed by atoms with E-state index in [0.717, 1.165) is 24.2 Å². The third-order valence-electron chi connectivity index (χ3n) is 5.37. The molecular formula is C22H30O4. The Bertz CT molecular complexity index is 689. The molecule has 0 amide bonds. The van der Waals surface area contributed by atoms with Crippen molar-refractivity contribution in [1.29, 1.82) is 0 Å². The Hall–Kier alpha value is -2.07. The number of carbonyl (C=O) groups excluding carboxylic acids is 1. The van der Waals surface area contributed by atoms with E-state index in [1.54, 1.807) is 20.1 Å². The number of ketones is 1. The molecule has 3 atom stereocenters. The predicted molar refractivity (Wildman–Crippen MR) is 103 cm³/mol. The lowest BCUT2D eigenvalue weighted by atomic mass is 9.72. The van der Waals surface area contributed by atoms with Gasteiger partial charge in [-0.25, -0.2) is 0 Å². The minimum atomic E-state index is -0.409. The van der Waals surface area contributed by atoms with Crippen LogP contribution in [-0.2, 0) is 16.0 Å². The first-order valence-electron chi connectivity index (χ1n) is 9.15. The Kier molecular flexibility index (Phi) is 7.04. The molecular weight excluding hydrogens is 328 g/mol. The van der Waals surface area contributed by atoms with Gasteiger partial charge in [-0.1, -0.05) is 25.1 Å². The third-order valence-corrected chi connectivity index (χ3v) is 5.37. The topological polar surface area (TPSA) is 55.8 Å². The molecule has 4 heteroatoms. The molecule has 1 N–H and O–H groups in total. The number of hydrogen-bond donors (Lipinski definition) is 1. The van der Waals surface area contributed by atoms with Crippen molar-refractivity contribution in [2.75, 3.05) is 13.9 Å². The van der Waals surface area contributed by atoms with Gasteiger partial charge in [0.15, 0.2) is 12.6 Å². The summed E-state index contributed by atoms with van der Waals surface area (Å²) in [7, 11) is 1.68. The summed E-state index contributed by atoms with van der Waals surface area (Å²) in [6, 6.07) is 6.26. The number of aryl methyl sites for hydroxylation is 1. The zero-order valence-corrected chi connectivity index (χ0v) is 16.2. The second-order valence-electron chi connectivity index (χ2n) is 7.18. The van der Waals surface area contributed by atoms with E-state index in [9.17, 15) is 9.90 Å². The van der Waals surface area contributed by atoms with Gasteiger partial charge in [-0.2, -0.15) is 0 Å². The molecule has 1 aliphatic rings.